The standard InChI is InChI=1S/C13H17FN2O2/c1-3-9(2)15-12(17)8-13(18)16-11-7-5-4-6-10(11)14/h4-7,9H,3,8H2,1-2H3,(H,15,17)(H,16,18). The molecule has 5 heteroatoms. The summed E-state index contributed by atoms with van der Waals surface area (Å²) in [6, 6.07) is 5.85. The van der Waals surface area contributed by atoms with Crippen molar-refractivity contribution in [2.75, 3.05) is 5.32 Å². The van der Waals surface area contributed by atoms with E-state index in [0.29, 0.717) is 0 Å². The number of para-hydroxylation sites is 1. The number of anilines is 1. The highest BCUT2D eigenvalue weighted by Gasteiger charge is 2.12. The van der Waals surface area contributed by atoms with Gasteiger partial charge in [-0.1, -0.05) is 19.1 Å². The van der Waals surface area contributed by atoms with E-state index in [1.165, 1.54) is 18.2 Å². The molecule has 2 amide bonds. The number of hydrogen-bond donors (Lipinski definition) is 2. The monoisotopic (exact) mass is 252 g/mol. The lowest BCUT2D eigenvalue weighted by molar-refractivity contribution is -0.127. The average molecular weight is 252 g/mol. The van der Waals surface area contributed by atoms with Gasteiger partial charge < -0.3 is 10.6 Å². The molecule has 2 N–H and O–H groups in total. The zero-order valence-corrected chi connectivity index (χ0v) is 10.5. The zero-order chi connectivity index (χ0) is 13.5. The van der Waals surface area contributed by atoms with Gasteiger partial charge in [-0.2, -0.15) is 0 Å². The molecule has 0 aliphatic heterocycles. The number of carbonyl (C=O) groups is 2. The van der Waals surface area contributed by atoms with Gasteiger partial charge in [0.2, 0.25) is 11.8 Å². The van der Waals surface area contributed by atoms with Crippen molar-refractivity contribution in [2.45, 2.75) is 32.7 Å². The first kappa shape index (κ1) is 14.2. The second kappa shape index (κ2) is 6.74. The number of carbonyl (C=O) groups excluding carboxylic acids is 2. The van der Waals surface area contributed by atoms with E-state index >= 15 is 0 Å². The van der Waals surface area contributed by atoms with E-state index in [0.717, 1.165) is 6.42 Å². The van der Waals surface area contributed by atoms with Crippen LogP contribution in [0.1, 0.15) is 26.7 Å². The van der Waals surface area contributed by atoms with E-state index in [-0.39, 0.29) is 24.1 Å². The molecule has 1 unspecified atom stereocenters. The molecule has 18 heavy (non-hydrogen) atoms. The van der Waals surface area contributed by atoms with Gasteiger partial charge in [-0.05, 0) is 25.5 Å². The highest BCUT2D eigenvalue weighted by Crippen LogP contribution is 2.12. The predicted molar refractivity (Wildman–Crippen MR) is 67.5 cm³/mol. The number of hydrogen-bond acceptors (Lipinski definition) is 2. The first-order chi connectivity index (χ1) is 8.52. The molecular formula is C13H17FN2O2. The molecule has 1 aromatic rings. The topological polar surface area (TPSA) is 58.2 Å². The fourth-order valence-corrected chi connectivity index (χ4v) is 1.33. The number of nitrogens with one attached hydrogen (secondary N) is 2. The normalized spacial score (nSPS) is 11.7. The molecule has 0 aliphatic carbocycles. The van der Waals surface area contributed by atoms with Crippen molar-refractivity contribution >= 4 is 17.5 Å². The van der Waals surface area contributed by atoms with Crippen LogP contribution in [0.4, 0.5) is 10.1 Å². The highest BCUT2D eigenvalue weighted by molar-refractivity contribution is 6.03. The third kappa shape index (κ3) is 4.53. The van der Waals surface area contributed by atoms with Gasteiger partial charge in [0.15, 0.2) is 0 Å². The Morgan fingerprint density at radius 2 is 1.94 bits per heavy atom. The Morgan fingerprint density at radius 3 is 2.56 bits per heavy atom. The Morgan fingerprint density at radius 1 is 1.28 bits per heavy atom. The van der Waals surface area contributed by atoms with E-state index in [1.54, 1.807) is 6.07 Å². The molecule has 1 atom stereocenters. The lowest BCUT2D eigenvalue weighted by Crippen LogP contribution is -2.34. The van der Waals surface area contributed by atoms with Crippen molar-refractivity contribution in [2.24, 2.45) is 0 Å². The van der Waals surface area contributed by atoms with E-state index in [2.05, 4.69) is 10.6 Å². The number of amides is 2. The van der Waals surface area contributed by atoms with Crippen molar-refractivity contribution < 1.29 is 14.0 Å². The van der Waals surface area contributed by atoms with Crippen LogP contribution in [0, 0.1) is 5.82 Å². The van der Waals surface area contributed by atoms with Crippen molar-refractivity contribution in [3.05, 3.63) is 30.1 Å². The van der Waals surface area contributed by atoms with Crippen molar-refractivity contribution in [1.82, 2.24) is 5.32 Å². The molecule has 0 saturated carbocycles. The summed E-state index contributed by atoms with van der Waals surface area (Å²) < 4.78 is 13.2. The lowest BCUT2D eigenvalue weighted by atomic mass is 10.2. The third-order valence-corrected chi connectivity index (χ3v) is 2.49. The second-order valence-electron chi connectivity index (χ2n) is 4.08. The summed E-state index contributed by atoms with van der Waals surface area (Å²) in [7, 11) is 0. The van der Waals surface area contributed by atoms with Crippen LogP contribution in [0.2, 0.25) is 0 Å². The predicted octanol–water partition coefficient (Wildman–Crippen LogP) is 2.07. The van der Waals surface area contributed by atoms with Gasteiger partial charge in [0.25, 0.3) is 0 Å². The molecule has 0 aromatic heterocycles. The Kier molecular flexibility index (Phi) is 5.30. The Hall–Kier alpha value is -1.91. The molecule has 0 heterocycles. The molecule has 1 rings (SSSR count). The smallest absolute Gasteiger partial charge is 0.233 e. The molecule has 0 saturated heterocycles. The summed E-state index contributed by atoms with van der Waals surface area (Å²) in [6.07, 6.45) is 0.485. The van der Waals surface area contributed by atoms with Gasteiger partial charge in [-0.25, -0.2) is 4.39 Å². The van der Waals surface area contributed by atoms with Crippen molar-refractivity contribution in [3.8, 4) is 0 Å². The first-order valence-corrected chi connectivity index (χ1v) is 5.86. The van der Waals surface area contributed by atoms with E-state index in [4.69, 9.17) is 0 Å². The average Bonchev–Trinajstić information content (AvgIpc) is 2.31. The molecule has 4 nitrogen and oxygen atoms in total. The first-order valence-electron chi connectivity index (χ1n) is 5.86. The van der Waals surface area contributed by atoms with Gasteiger partial charge in [0, 0.05) is 6.04 Å². The van der Waals surface area contributed by atoms with Crippen LogP contribution in [0.15, 0.2) is 24.3 Å². The maximum Gasteiger partial charge on any atom is 0.233 e. The van der Waals surface area contributed by atoms with Gasteiger partial charge in [0.1, 0.15) is 12.2 Å². The fraction of sp³-hybridized carbons (Fsp3) is 0.385. The SMILES string of the molecule is CCC(C)NC(=O)CC(=O)Nc1ccccc1F. The van der Waals surface area contributed by atoms with E-state index < -0.39 is 11.7 Å². The fourth-order valence-electron chi connectivity index (χ4n) is 1.33. The van der Waals surface area contributed by atoms with Crippen LogP contribution in [-0.2, 0) is 9.59 Å². The maximum atomic E-state index is 13.2. The minimum atomic E-state index is -0.527. The molecule has 1 aromatic carbocycles. The second-order valence-corrected chi connectivity index (χ2v) is 4.08. The molecule has 98 valence electrons. The summed E-state index contributed by atoms with van der Waals surface area (Å²) in [5.74, 6) is -1.41. The minimum Gasteiger partial charge on any atom is -0.353 e. The van der Waals surface area contributed by atoms with Gasteiger partial charge >= 0.3 is 0 Å². The summed E-state index contributed by atoms with van der Waals surface area (Å²) in [5.41, 5.74) is 0.0823. The third-order valence-electron chi connectivity index (χ3n) is 2.49. The Labute approximate surface area is 106 Å². The van der Waals surface area contributed by atoms with Crippen molar-refractivity contribution in [1.29, 1.82) is 0 Å². The van der Waals surface area contributed by atoms with Crippen LogP contribution in [-0.4, -0.2) is 17.9 Å². The van der Waals surface area contributed by atoms with Gasteiger partial charge in [-0.15, -0.1) is 0 Å². The quantitative estimate of drug-likeness (QED) is 0.788. The van der Waals surface area contributed by atoms with Crippen LogP contribution in [0.25, 0.3) is 0 Å². The molecule has 0 radical (unpaired) electrons. The zero-order valence-electron chi connectivity index (χ0n) is 10.5. The highest BCUT2D eigenvalue weighted by atomic mass is 19.1. The molecular weight excluding hydrogens is 235 g/mol. The summed E-state index contributed by atoms with van der Waals surface area (Å²) in [5, 5.41) is 5.02. The van der Waals surface area contributed by atoms with Gasteiger partial charge in [-0.3, -0.25) is 9.59 Å². The Balaban J connectivity index is 2.47. The van der Waals surface area contributed by atoms with Gasteiger partial charge in [0.05, 0.1) is 5.69 Å². The summed E-state index contributed by atoms with van der Waals surface area (Å²) >= 11 is 0. The molecule has 0 spiro atoms. The summed E-state index contributed by atoms with van der Waals surface area (Å²) in [4.78, 5) is 22.9. The molecule has 0 aliphatic rings. The van der Waals surface area contributed by atoms with Crippen LogP contribution >= 0.6 is 0 Å². The number of benzene rings is 1. The molecule has 0 bridgehead atoms. The lowest BCUT2D eigenvalue weighted by Gasteiger charge is -2.11. The van der Waals surface area contributed by atoms with Crippen LogP contribution < -0.4 is 10.6 Å². The van der Waals surface area contributed by atoms with E-state index in [1.807, 2.05) is 13.8 Å². The van der Waals surface area contributed by atoms with Crippen molar-refractivity contribution in [3.63, 3.8) is 0 Å². The number of halogens is 1. The number of rotatable bonds is 5. The molecule has 0 fully saturated rings. The minimum absolute atomic E-state index is 0.0266. The van der Waals surface area contributed by atoms with Crippen LogP contribution in [0.5, 0.6) is 0 Å². The summed E-state index contributed by atoms with van der Waals surface area (Å²) in [6.45, 7) is 3.79. The van der Waals surface area contributed by atoms with Crippen LogP contribution in [0.3, 0.4) is 0 Å². The largest absolute Gasteiger partial charge is 0.353 e. The Bertz CT molecular complexity index is 435. The van der Waals surface area contributed by atoms with E-state index in [9.17, 15) is 14.0 Å². The maximum absolute atomic E-state index is 13.2.